The maximum absolute atomic E-state index is 9.98. The van der Waals surface area contributed by atoms with Gasteiger partial charge in [-0.1, -0.05) is 30.3 Å². The van der Waals surface area contributed by atoms with E-state index in [4.69, 9.17) is 11.1 Å². The molecule has 1 aromatic rings. The van der Waals surface area contributed by atoms with Crippen LogP contribution in [-0.4, -0.2) is 41.6 Å². The van der Waals surface area contributed by atoms with Gasteiger partial charge in [0.05, 0.1) is 17.9 Å². The topological polar surface area (TPSA) is 73.3 Å². The SMILES string of the molecule is N=C(N)C(CN1CC2CCC(O)C2C1)c1ccccc1. The molecule has 0 spiro atoms. The second kappa shape index (κ2) is 5.54. The monoisotopic (exact) mass is 273 g/mol. The summed E-state index contributed by atoms with van der Waals surface area (Å²) in [4.78, 5) is 2.37. The molecule has 1 aromatic carbocycles. The van der Waals surface area contributed by atoms with Gasteiger partial charge in [-0.05, 0) is 24.3 Å². The summed E-state index contributed by atoms with van der Waals surface area (Å²) in [6, 6.07) is 10.1. The van der Waals surface area contributed by atoms with E-state index in [0.29, 0.717) is 11.8 Å². The lowest BCUT2D eigenvalue weighted by Gasteiger charge is -2.24. The van der Waals surface area contributed by atoms with Gasteiger partial charge in [0.15, 0.2) is 0 Å². The summed E-state index contributed by atoms with van der Waals surface area (Å²) in [6.45, 7) is 2.78. The van der Waals surface area contributed by atoms with E-state index >= 15 is 0 Å². The zero-order valence-electron chi connectivity index (χ0n) is 11.7. The molecule has 2 aliphatic rings. The van der Waals surface area contributed by atoms with Crippen molar-refractivity contribution in [2.24, 2.45) is 17.6 Å². The van der Waals surface area contributed by atoms with E-state index < -0.39 is 0 Å². The second-order valence-electron chi connectivity index (χ2n) is 6.21. The Kier molecular flexibility index (Phi) is 3.76. The van der Waals surface area contributed by atoms with Gasteiger partial charge in [0.2, 0.25) is 0 Å². The highest BCUT2D eigenvalue weighted by molar-refractivity contribution is 5.84. The van der Waals surface area contributed by atoms with E-state index in [0.717, 1.165) is 38.0 Å². The minimum absolute atomic E-state index is 0.0350. The highest BCUT2D eigenvalue weighted by atomic mass is 16.3. The average Bonchev–Trinajstić information content (AvgIpc) is 2.99. The maximum atomic E-state index is 9.98. The van der Waals surface area contributed by atoms with Gasteiger partial charge in [-0.2, -0.15) is 0 Å². The summed E-state index contributed by atoms with van der Waals surface area (Å²) in [6.07, 6.45) is 1.97. The fourth-order valence-corrected chi connectivity index (χ4v) is 3.80. The zero-order valence-corrected chi connectivity index (χ0v) is 11.7. The summed E-state index contributed by atoms with van der Waals surface area (Å²) in [5.74, 6) is 1.26. The Morgan fingerprint density at radius 3 is 2.70 bits per heavy atom. The fourth-order valence-electron chi connectivity index (χ4n) is 3.80. The molecule has 0 aromatic heterocycles. The summed E-state index contributed by atoms with van der Waals surface area (Å²) in [5, 5.41) is 17.8. The number of aliphatic hydroxyl groups excluding tert-OH is 1. The van der Waals surface area contributed by atoms with Crippen LogP contribution in [0.2, 0.25) is 0 Å². The smallest absolute Gasteiger partial charge is 0.0995 e. The summed E-state index contributed by atoms with van der Waals surface area (Å²) in [5.41, 5.74) is 6.91. The number of likely N-dealkylation sites (tertiary alicyclic amines) is 1. The third kappa shape index (κ3) is 2.58. The number of nitrogens with two attached hydrogens (primary N) is 1. The molecule has 108 valence electrons. The predicted octanol–water partition coefficient (Wildman–Crippen LogP) is 1.41. The quantitative estimate of drug-likeness (QED) is 0.573. The number of nitrogens with zero attached hydrogens (tertiary/aromatic N) is 1. The van der Waals surface area contributed by atoms with Crippen molar-refractivity contribution in [3.63, 3.8) is 0 Å². The molecule has 1 saturated heterocycles. The lowest BCUT2D eigenvalue weighted by atomic mass is 9.97. The molecular weight excluding hydrogens is 250 g/mol. The Bertz CT molecular complexity index is 476. The Morgan fingerprint density at radius 2 is 2.05 bits per heavy atom. The van der Waals surface area contributed by atoms with Crippen LogP contribution in [0.25, 0.3) is 0 Å². The number of rotatable bonds is 4. The standard InChI is InChI=1S/C16H23N3O/c17-16(18)14(11-4-2-1-3-5-11)10-19-8-12-6-7-15(20)13(12)9-19/h1-5,12-15,20H,6-10H2,(H3,17,18). The molecule has 20 heavy (non-hydrogen) atoms. The van der Waals surface area contributed by atoms with Gasteiger partial charge < -0.3 is 15.7 Å². The molecule has 4 unspecified atom stereocenters. The Hall–Kier alpha value is -1.39. The Morgan fingerprint density at radius 1 is 1.30 bits per heavy atom. The average molecular weight is 273 g/mol. The van der Waals surface area contributed by atoms with Crippen molar-refractivity contribution >= 4 is 5.84 Å². The van der Waals surface area contributed by atoms with Crippen LogP contribution >= 0.6 is 0 Å². The minimum atomic E-state index is -0.127. The molecule has 4 N–H and O–H groups in total. The van der Waals surface area contributed by atoms with Crippen LogP contribution in [-0.2, 0) is 0 Å². The van der Waals surface area contributed by atoms with Gasteiger partial charge in [-0.25, -0.2) is 0 Å². The van der Waals surface area contributed by atoms with Crippen molar-refractivity contribution < 1.29 is 5.11 Å². The van der Waals surface area contributed by atoms with Crippen LogP contribution in [0.15, 0.2) is 30.3 Å². The molecule has 2 fully saturated rings. The first kappa shape index (κ1) is 13.6. The third-order valence-corrected chi connectivity index (χ3v) is 4.91. The molecule has 0 bridgehead atoms. The predicted molar refractivity (Wildman–Crippen MR) is 79.8 cm³/mol. The van der Waals surface area contributed by atoms with Crippen LogP contribution in [0.3, 0.4) is 0 Å². The molecule has 1 saturated carbocycles. The van der Waals surface area contributed by atoms with Crippen molar-refractivity contribution in [2.75, 3.05) is 19.6 Å². The van der Waals surface area contributed by atoms with Crippen LogP contribution < -0.4 is 5.73 Å². The number of benzene rings is 1. The summed E-state index contributed by atoms with van der Waals surface area (Å²) in [7, 11) is 0. The number of nitrogens with one attached hydrogen (secondary N) is 1. The van der Waals surface area contributed by atoms with Crippen LogP contribution in [0.5, 0.6) is 0 Å². The van der Waals surface area contributed by atoms with E-state index in [-0.39, 0.29) is 17.9 Å². The van der Waals surface area contributed by atoms with Gasteiger partial charge in [0.1, 0.15) is 0 Å². The zero-order chi connectivity index (χ0) is 14.1. The van der Waals surface area contributed by atoms with Crippen LogP contribution in [0.4, 0.5) is 0 Å². The first-order valence-electron chi connectivity index (χ1n) is 7.44. The Labute approximate surface area is 120 Å². The molecular formula is C16H23N3O. The van der Waals surface area contributed by atoms with Crippen molar-refractivity contribution in [2.45, 2.75) is 24.9 Å². The lowest BCUT2D eigenvalue weighted by Crippen LogP contribution is -2.34. The number of fused-ring (bicyclic) bond motifs is 1. The molecule has 0 radical (unpaired) electrons. The molecule has 1 aliphatic heterocycles. The molecule has 0 amide bonds. The molecule has 3 rings (SSSR count). The first-order chi connectivity index (χ1) is 9.65. The van der Waals surface area contributed by atoms with Crippen LogP contribution in [0, 0.1) is 17.2 Å². The first-order valence-corrected chi connectivity index (χ1v) is 7.44. The van der Waals surface area contributed by atoms with E-state index in [1.54, 1.807) is 0 Å². The normalized spacial score (nSPS) is 31.1. The highest BCUT2D eigenvalue weighted by Gasteiger charge is 2.42. The lowest BCUT2D eigenvalue weighted by molar-refractivity contribution is 0.124. The van der Waals surface area contributed by atoms with Crippen molar-refractivity contribution in [1.29, 1.82) is 5.41 Å². The van der Waals surface area contributed by atoms with Gasteiger partial charge in [-0.15, -0.1) is 0 Å². The van der Waals surface area contributed by atoms with Gasteiger partial charge in [0, 0.05) is 25.6 Å². The number of amidine groups is 1. The number of hydrogen-bond donors (Lipinski definition) is 3. The van der Waals surface area contributed by atoms with E-state index in [1.807, 2.05) is 30.3 Å². The summed E-state index contributed by atoms with van der Waals surface area (Å²) >= 11 is 0. The largest absolute Gasteiger partial charge is 0.393 e. The van der Waals surface area contributed by atoms with E-state index in [9.17, 15) is 5.11 Å². The van der Waals surface area contributed by atoms with Gasteiger partial charge >= 0.3 is 0 Å². The molecule has 1 aliphatic carbocycles. The van der Waals surface area contributed by atoms with E-state index in [2.05, 4.69) is 4.90 Å². The molecule has 4 atom stereocenters. The summed E-state index contributed by atoms with van der Waals surface area (Å²) < 4.78 is 0. The van der Waals surface area contributed by atoms with E-state index in [1.165, 1.54) is 0 Å². The van der Waals surface area contributed by atoms with Gasteiger partial charge in [-0.3, -0.25) is 5.41 Å². The van der Waals surface area contributed by atoms with Crippen molar-refractivity contribution in [3.05, 3.63) is 35.9 Å². The Balaban J connectivity index is 1.68. The van der Waals surface area contributed by atoms with Crippen LogP contribution in [0.1, 0.15) is 24.3 Å². The maximum Gasteiger partial charge on any atom is 0.0995 e. The highest BCUT2D eigenvalue weighted by Crippen LogP contribution is 2.38. The van der Waals surface area contributed by atoms with Crippen molar-refractivity contribution in [3.8, 4) is 0 Å². The molecule has 4 heteroatoms. The molecule has 1 heterocycles. The van der Waals surface area contributed by atoms with Gasteiger partial charge in [0.25, 0.3) is 0 Å². The second-order valence-corrected chi connectivity index (χ2v) is 6.21. The molecule has 4 nitrogen and oxygen atoms in total. The fraction of sp³-hybridized carbons (Fsp3) is 0.562. The minimum Gasteiger partial charge on any atom is -0.393 e. The third-order valence-electron chi connectivity index (χ3n) is 4.91. The number of hydrogen-bond acceptors (Lipinski definition) is 3. The number of aliphatic hydroxyl groups is 1. The van der Waals surface area contributed by atoms with Crippen molar-refractivity contribution in [1.82, 2.24) is 4.90 Å².